The van der Waals surface area contributed by atoms with Gasteiger partial charge in [-0.25, -0.2) is 4.79 Å². The van der Waals surface area contributed by atoms with Gasteiger partial charge in [-0.1, -0.05) is 42.5 Å². The van der Waals surface area contributed by atoms with Crippen LogP contribution in [0.15, 0.2) is 72.9 Å². The second-order valence-electron chi connectivity index (χ2n) is 9.57. The van der Waals surface area contributed by atoms with Crippen LogP contribution in [0.25, 0.3) is 5.00 Å². The summed E-state index contributed by atoms with van der Waals surface area (Å²) in [5.41, 5.74) is 6.22. The van der Waals surface area contributed by atoms with Crippen molar-refractivity contribution in [2.75, 3.05) is 13.7 Å². The molecule has 0 saturated heterocycles. The summed E-state index contributed by atoms with van der Waals surface area (Å²) >= 11 is 1.92. The Labute approximate surface area is 216 Å². The van der Waals surface area contributed by atoms with Gasteiger partial charge in [0, 0.05) is 23.2 Å². The van der Waals surface area contributed by atoms with Gasteiger partial charge in [-0.3, -0.25) is 0 Å². The number of nitrogens with one attached hydrogen (secondary N) is 1. The summed E-state index contributed by atoms with van der Waals surface area (Å²) in [5, 5.41) is 4.51. The van der Waals surface area contributed by atoms with Crippen molar-refractivity contribution in [1.82, 2.24) is 14.8 Å². The van der Waals surface area contributed by atoms with Crippen LogP contribution in [-0.2, 0) is 25.8 Å². The predicted octanol–water partition coefficient (Wildman–Crippen LogP) is 6.28. The third kappa shape index (κ3) is 4.20. The number of rotatable bonds is 5. The number of ether oxygens (including phenoxy) is 1. The summed E-state index contributed by atoms with van der Waals surface area (Å²) < 4.78 is 7.73. The molecular weight excluding hydrogens is 466 g/mol. The number of aromatic nitrogens is 1. The van der Waals surface area contributed by atoms with Gasteiger partial charge in [0.25, 0.3) is 0 Å². The van der Waals surface area contributed by atoms with E-state index in [0.717, 1.165) is 36.3 Å². The Hall–Kier alpha value is -3.51. The molecule has 2 aromatic heterocycles. The summed E-state index contributed by atoms with van der Waals surface area (Å²) in [5.74, 6) is 0.815. The number of amides is 2. The Morgan fingerprint density at radius 3 is 2.61 bits per heavy atom. The van der Waals surface area contributed by atoms with Crippen LogP contribution in [0.5, 0.6) is 5.75 Å². The molecule has 6 rings (SSSR count). The van der Waals surface area contributed by atoms with Crippen molar-refractivity contribution in [1.29, 1.82) is 0 Å². The Morgan fingerprint density at radius 2 is 1.81 bits per heavy atom. The maximum atomic E-state index is 13.9. The number of thiophene rings is 1. The zero-order valence-electron chi connectivity index (χ0n) is 20.6. The highest BCUT2D eigenvalue weighted by Gasteiger charge is 2.36. The molecule has 36 heavy (non-hydrogen) atoms. The van der Waals surface area contributed by atoms with Gasteiger partial charge in [0.1, 0.15) is 10.8 Å². The van der Waals surface area contributed by atoms with Crippen molar-refractivity contribution < 1.29 is 9.53 Å². The standard InChI is InChI=1S/C30H31N3O2S/c1-35-23-15-13-22(14-16-23)28-26-11-7-19-32(26)29-25(24-10-5-6-12-27(24)36-29)20-33(28)30(34)31-18-17-21-8-3-2-4-9-21/h2-4,7-9,11,13-16,19,28H,5-6,10,12,17-18,20H2,1H3,(H,31,34). The van der Waals surface area contributed by atoms with E-state index in [-0.39, 0.29) is 12.1 Å². The number of methoxy groups -OCH3 is 1. The number of carbonyl (C=O) groups excluding carboxylic acids is 1. The SMILES string of the molecule is COc1ccc(C2c3cccn3-c3sc4c(c3CN2C(=O)NCCc2ccccc2)CCCC4)cc1. The zero-order valence-corrected chi connectivity index (χ0v) is 21.4. The first-order valence-corrected chi connectivity index (χ1v) is 13.6. The fourth-order valence-corrected chi connectivity index (χ4v) is 6.99. The highest BCUT2D eigenvalue weighted by atomic mass is 32.1. The van der Waals surface area contributed by atoms with E-state index in [2.05, 4.69) is 52.5 Å². The van der Waals surface area contributed by atoms with Crippen LogP contribution < -0.4 is 10.1 Å². The van der Waals surface area contributed by atoms with Crippen LogP contribution in [0.3, 0.4) is 0 Å². The average Bonchev–Trinajstić information content (AvgIpc) is 3.51. The molecule has 6 heteroatoms. The van der Waals surface area contributed by atoms with Crippen LogP contribution in [0.4, 0.5) is 4.79 Å². The monoisotopic (exact) mass is 497 g/mol. The largest absolute Gasteiger partial charge is 0.497 e. The molecule has 0 saturated carbocycles. The summed E-state index contributed by atoms with van der Waals surface area (Å²) in [7, 11) is 1.68. The molecule has 1 aliphatic heterocycles. The van der Waals surface area contributed by atoms with Crippen molar-refractivity contribution in [3.63, 3.8) is 0 Å². The Morgan fingerprint density at radius 1 is 1.00 bits per heavy atom. The van der Waals surface area contributed by atoms with E-state index in [1.54, 1.807) is 7.11 Å². The number of benzene rings is 2. The molecular formula is C30H31N3O2S. The summed E-state index contributed by atoms with van der Waals surface area (Å²) in [6, 6.07) is 22.5. The maximum absolute atomic E-state index is 13.9. The molecule has 2 aromatic carbocycles. The molecule has 0 radical (unpaired) electrons. The minimum absolute atomic E-state index is 0.0249. The molecule has 5 nitrogen and oxygen atoms in total. The van der Waals surface area contributed by atoms with Crippen molar-refractivity contribution in [2.45, 2.75) is 44.7 Å². The molecule has 1 aliphatic carbocycles. The lowest BCUT2D eigenvalue weighted by molar-refractivity contribution is 0.180. The lowest BCUT2D eigenvalue weighted by atomic mass is 9.95. The molecule has 0 bridgehead atoms. The summed E-state index contributed by atoms with van der Waals surface area (Å²) in [6.45, 7) is 1.21. The van der Waals surface area contributed by atoms with E-state index in [1.807, 2.05) is 46.6 Å². The van der Waals surface area contributed by atoms with E-state index in [9.17, 15) is 4.79 Å². The van der Waals surface area contributed by atoms with Gasteiger partial charge < -0.3 is 19.5 Å². The van der Waals surface area contributed by atoms with Gasteiger partial charge >= 0.3 is 6.03 Å². The summed E-state index contributed by atoms with van der Waals surface area (Å²) in [6.07, 6.45) is 7.69. The summed E-state index contributed by atoms with van der Waals surface area (Å²) in [4.78, 5) is 17.4. The molecule has 4 aromatic rings. The molecule has 3 heterocycles. The molecule has 1 unspecified atom stereocenters. The van der Waals surface area contributed by atoms with Crippen molar-refractivity contribution in [2.24, 2.45) is 0 Å². The van der Waals surface area contributed by atoms with Gasteiger partial charge in [-0.15, -0.1) is 11.3 Å². The van der Waals surface area contributed by atoms with Gasteiger partial charge in [0.15, 0.2) is 0 Å². The Balaban J connectivity index is 1.38. The third-order valence-electron chi connectivity index (χ3n) is 7.40. The first kappa shape index (κ1) is 22.9. The molecule has 0 fully saturated rings. The minimum Gasteiger partial charge on any atom is -0.497 e. The predicted molar refractivity (Wildman–Crippen MR) is 144 cm³/mol. The highest BCUT2D eigenvalue weighted by Crippen LogP contribution is 2.44. The molecule has 184 valence electrons. The number of urea groups is 1. The number of hydrogen-bond donors (Lipinski definition) is 1. The first-order valence-electron chi connectivity index (χ1n) is 12.8. The van der Waals surface area contributed by atoms with Gasteiger partial charge in [-0.05, 0) is 73.1 Å². The van der Waals surface area contributed by atoms with Gasteiger partial charge in [0.2, 0.25) is 0 Å². The second kappa shape index (κ2) is 9.86. The van der Waals surface area contributed by atoms with E-state index < -0.39 is 0 Å². The third-order valence-corrected chi connectivity index (χ3v) is 8.74. The highest BCUT2D eigenvalue weighted by molar-refractivity contribution is 7.15. The van der Waals surface area contributed by atoms with E-state index in [0.29, 0.717) is 13.1 Å². The van der Waals surface area contributed by atoms with Gasteiger partial charge in [-0.2, -0.15) is 0 Å². The lowest BCUT2D eigenvalue weighted by Crippen LogP contribution is -2.42. The second-order valence-corrected chi connectivity index (χ2v) is 10.7. The number of hydrogen-bond acceptors (Lipinski definition) is 3. The molecule has 1 N–H and O–H groups in total. The van der Waals surface area contributed by atoms with E-state index in [4.69, 9.17) is 4.74 Å². The van der Waals surface area contributed by atoms with Crippen molar-refractivity contribution in [3.05, 3.63) is 106 Å². The van der Waals surface area contributed by atoms with Crippen LogP contribution in [0, 0.1) is 0 Å². The number of nitrogens with zero attached hydrogens (tertiary/aromatic N) is 2. The molecule has 2 amide bonds. The normalized spacial score (nSPS) is 16.5. The Kier molecular flexibility index (Phi) is 6.28. The molecule has 0 spiro atoms. The quantitative estimate of drug-likeness (QED) is 0.353. The van der Waals surface area contributed by atoms with Gasteiger partial charge in [0.05, 0.1) is 25.4 Å². The molecule has 1 atom stereocenters. The fraction of sp³-hybridized carbons (Fsp3) is 0.300. The van der Waals surface area contributed by atoms with Crippen LogP contribution in [-0.4, -0.2) is 29.2 Å². The van der Waals surface area contributed by atoms with Crippen molar-refractivity contribution in [3.8, 4) is 10.8 Å². The number of carbonyl (C=O) groups is 1. The lowest BCUT2D eigenvalue weighted by Gasteiger charge is -2.31. The van der Waals surface area contributed by atoms with E-state index in [1.165, 1.54) is 39.4 Å². The number of aryl methyl sites for hydroxylation is 1. The van der Waals surface area contributed by atoms with E-state index >= 15 is 0 Å². The minimum atomic E-state index is -0.193. The first-order chi connectivity index (χ1) is 17.7. The maximum Gasteiger partial charge on any atom is 0.318 e. The van der Waals surface area contributed by atoms with Crippen molar-refractivity contribution >= 4 is 17.4 Å². The zero-order chi connectivity index (χ0) is 24.5. The average molecular weight is 498 g/mol. The fourth-order valence-electron chi connectivity index (χ4n) is 5.58. The van der Waals surface area contributed by atoms with Crippen LogP contribution in [0.2, 0.25) is 0 Å². The molecule has 2 aliphatic rings. The van der Waals surface area contributed by atoms with Crippen LogP contribution >= 0.6 is 11.3 Å². The van der Waals surface area contributed by atoms with Crippen LogP contribution in [0.1, 0.15) is 51.7 Å². The Bertz CT molecular complexity index is 1360. The topological polar surface area (TPSA) is 46.5 Å². The number of fused-ring (bicyclic) bond motifs is 5. The smallest absolute Gasteiger partial charge is 0.318 e.